The standard InChI is InChI=1S/C14H29N3O/c1-2-6-15-13(12-18)10-16-9-5-14(11-16)17-7-3-4-8-17/h13-15,18H,2-12H2,1H3. The highest BCUT2D eigenvalue weighted by Gasteiger charge is 2.29. The van der Waals surface area contributed by atoms with Crippen LogP contribution in [0, 0.1) is 0 Å². The third kappa shape index (κ3) is 3.92. The van der Waals surface area contributed by atoms with Crippen molar-refractivity contribution >= 4 is 0 Å². The lowest BCUT2D eigenvalue weighted by Crippen LogP contribution is -2.44. The zero-order valence-electron chi connectivity index (χ0n) is 11.8. The number of nitrogens with zero attached hydrogens (tertiary/aromatic N) is 2. The molecule has 2 aliphatic heterocycles. The smallest absolute Gasteiger partial charge is 0.0597 e. The van der Waals surface area contributed by atoms with E-state index in [0.717, 1.165) is 25.6 Å². The monoisotopic (exact) mass is 255 g/mol. The summed E-state index contributed by atoms with van der Waals surface area (Å²) in [5, 5.41) is 12.8. The molecule has 4 nitrogen and oxygen atoms in total. The van der Waals surface area contributed by atoms with E-state index in [1.807, 2.05) is 0 Å². The Morgan fingerprint density at radius 2 is 2.06 bits per heavy atom. The van der Waals surface area contributed by atoms with E-state index >= 15 is 0 Å². The molecule has 2 atom stereocenters. The molecule has 2 saturated heterocycles. The van der Waals surface area contributed by atoms with E-state index < -0.39 is 0 Å². The highest BCUT2D eigenvalue weighted by molar-refractivity contribution is 4.87. The molecule has 18 heavy (non-hydrogen) atoms. The SMILES string of the molecule is CCCNC(CO)CN1CCC(N2CCCC2)C1. The molecule has 0 spiro atoms. The Labute approximate surface area is 111 Å². The first-order valence-corrected chi connectivity index (χ1v) is 7.64. The molecule has 2 unspecified atom stereocenters. The molecule has 0 aromatic rings. The number of hydrogen-bond donors (Lipinski definition) is 2. The molecule has 0 aromatic heterocycles. The van der Waals surface area contributed by atoms with E-state index in [2.05, 4.69) is 22.0 Å². The Kier molecular flexibility index (Phi) is 5.89. The number of aliphatic hydroxyl groups excluding tert-OH is 1. The summed E-state index contributed by atoms with van der Waals surface area (Å²) in [6, 6.07) is 1.03. The van der Waals surface area contributed by atoms with Crippen LogP contribution in [0.4, 0.5) is 0 Å². The molecule has 106 valence electrons. The minimum absolute atomic E-state index is 0.252. The highest BCUT2D eigenvalue weighted by atomic mass is 16.3. The average Bonchev–Trinajstić information content (AvgIpc) is 3.04. The van der Waals surface area contributed by atoms with Gasteiger partial charge in [0.15, 0.2) is 0 Å². The lowest BCUT2D eigenvalue weighted by molar-refractivity contribution is 0.185. The second-order valence-electron chi connectivity index (χ2n) is 5.78. The van der Waals surface area contributed by atoms with Crippen LogP contribution in [0.2, 0.25) is 0 Å². The fraction of sp³-hybridized carbons (Fsp3) is 1.00. The molecule has 0 saturated carbocycles. The van der Waals surface area contributed by atoms with E-state index in [4.69, 9.17) is 0 Å². The average molecular weight is 255 g/mol. The Balaban J connectivity index is 1.70. The summed E-state index contributed by atoms with van der Waals surface area (Å²) in [6.07, 6.45) is 5.21. The van der Waals surface area contributed by atoms with Crippen LogP contribution in [0.15, 0.2) is 0 Å². The maximum Gasteiger partial charge on any atom is 0.0597 e. The molecule has 2 heterocycles. The minimum Gasteiger partial charge on any atom is -0.395 e. The summed E-state index contributed by atoms with van der Waals surface area (Å²) in [5.74, 6) is 0. The largest absolute Gasteiger partial charge is 0.395 e. The van der Waals surface area contributed by atoms with Gasteiger partial charge in [0.05, 0.1) is 6.61 Å². The molecule has 0 aromatic carbocycles. The van der Waals surface area contributed by atoms with E-state index in [1.165, 1.54) is 45.4 Å². The van der Waals surface area contributed by atoms with E-state index in [1.54, 1.807) is 0 Å². The second kappa shape index (κ2) is 7.43. The summed E-state index contributed by atoms with van der Waals surface area (Å²) in [5.41, 5.74) is 0. The zero-order valence-corrected chi connectivity index (χ0v) is 11.8. The van der Waals surface area contributed by atoms with Crippen molar-refractivity contribution in [2.24, 2.45) is 0 Å². The van der Waals surface area contributed by atoms with Crippen LogP contribution >= 0.6 is 0 Å². The quantitative estimate of drug-likeness (QED) is 0.695. The molecule has 0 aliphatic carbocycles. The van der Waals surface area contributed by atoms with E-state index in [0.29, 0.717) is 0 Å². The molecule has 2 N–H and O–H groups in total. The van der Waals surface area contributed by atoms with Crippen LogP contribution in [-0.4, -0.2) is 72.9 Å². The molecule has 0 amide bonds. The van der Waals surface area contributed by atoms with Crippen molar-refractivity contribution < 1.29 is 5.11 Å². The predicted molar refractivity (Wildman–Crippen MR) is 74.8 cm³/mol. The number of nitrogens with one attached hydrogen (secondary N) is 1. The van der Waals surface area contributed by atoms with E-state index in [-0.39, 0.29) is 12.6 Å². The van der Waals surface area contributed by atoms with Crippen molar-refractivity contribution in [3.63, 3.8) is 0 Å². The fourth-order valence-electron chi connectivity index (χ4n) is 3.23. The van der Waals surface area contributed by atoms with Crippen LogP contribution in [0.1, 0.15) is 32.6 Å². The van der Waals surface area contributed by atoms with Gasteiger partial charge in [0, 0.05) is 25.2 Å². The predicted octanol–water partition coefficient (Wildman–Crippen LogP) is 0.517. The van der Waals surface area contributed by atoms with Crippen LogP contribution in [0.25, 0.3) is 0 Å². The molecular weight excluding hydrogens is 226 g/mol. The Morgan fingerprint density at radius 1 is 1.28 bits per heavy atom. The normalized spacial score (nSPS) is 28.0. The topological polar surface area (TPSA) is 38.7 Å². The van der Waals surface area contributed by atoms with Crippen LogP contribution in [0.5, 0.6) is 0 Å². The first-order chi connectivity index (χ1) is 8.83. The van der Waals surface area contributed by atoms with Crippen molar-refractivity contribution in [2.45, 2.75) is 44.7 Å². The summed E-state index contributed by atoms with van der Waals surface area (Å²) >= 11 is 0. The van der Waals surface area contributed by atoms with Gasteiger partial charge in [-0.25, -0.2) is 0 Å². The third-order valence-electron chi connectivity index (χ3n) is 4.29. The second-order valence-corrected chi connectivity index (χ2v) is 5.78. The lowest BCUT2D eigenvalue weighted by atomic mass is 10.2. The van der Waals surface area contributed by atoms with Crippen molar-refractivity contribution in [3.05, 3.63) is 0 Å². The third-order valence-corrected chi connectivity index (χ3v) is 4.29. The van der Waals surface area contributed by atoms with Gasteiger partial charge < -0.3 is 15.3 Å². The van der Waals surface area contributed by atoms with Crippen molar-refractivity contribution in [2.75, 3.05) is 45.9 Å². The highest BCUT2D eigenvalue weighted by Crippen LogP contribution is 2.20. The van der Waals surface area contributed by atoms with Crippen LogP contribution in [-0.2, 0) is 0 Å². The number of aliphatic hydroxyl groups is 1. The summed E-state index contributed by atoms with van der Waals surface area (Å²) in [6.45, 7) is 9.43. The summed E-state index contributed by atoms with van der Waals surface area (Å²) < 4.78 is 0. The number of likely N-dealkylation sites (tertiary alicyclic amines) is 2. The molecule has 2 rings (SSSR count). The zero-order chi connectivity index (χ0) is 12.8. The van der Waals surface area contributed by atoms with Crippen LogP contribution in [0.3, 0.4) is 0 Å². The van der Waals surface area contributed by atoms with Gasteiger partial charge in [0.1, 0.15) is 0 Å². The first-order valence-electron chi connectivity index (χ1n) is 7.64. The van der Waals surface area contributed by atoms with Gasteiger partial charge in [0.25, 0.3) is 0 Å². The Morgan fingerprint density at radius 3 is 2.72 bits per heavy atom. The van der Waals surface area contributed by atoms with Crippen molar-refractivity contribution in [1.29, 1.82) is 0 Å². The molecule has 2 aliphatic rings. The van der Waals surface area contributed by atoms with Gasteiger partial charge in [0.2, 0.25) is 0 Å². The first kappa shape index (κ1) is 14.3. The Hall–Kier alpha value is -0.160. The lowest BCUT2D eigenvalue weighted by Gasteiger charge is -2.26. The molecule has 2 fully saturated rings. The maximum atomic E-state index is 9.39. The molecule has 0 bridgehead atoms. The van der Waals surface area contributed by atoms with Crippen molar-refractivity contribution in [3.8, 4) is 0 Å². The van der Waals surface area contributed by atoms with Gasteiger partial charge in [-0.05, 0) is 51.9 Å². The van der Waals surface area contributed by atoms with Gasteiger partial charge in [-0.2, -0.15) is 0 Å². The van der Waals surface area contributed by atoms with E-state index in [9.17, 15) is 5.11 Å². The Bertz CT molecular complexity index is 231. The summed E-state index contributed by atoms with van der Waals surface area (Å²) in [7, 11) is 0. The maximum absolute atomic E-state index is 9.39. The van der Waals surface area contributed by atoms with Gasteiger partial charge in [-0.15, -0.1) is 0 Å². The van der Waals surface area contributed by atoms with Gasteiger partial charge >= 0.3 is 0 Å². The minimum atomic E-state index is 0.252. The molecular formula is C14H29N3O. The molecule has 0 radical (unpaired) electrons. The fourth-order valence-corrected chi connectivity index (χ4v) is 3.23. The molecule has 4 heteroatoms. The van der Waals surface area contributed by atoms with Crippen LogP contribution < -0.4 is 5.32 Å². The van der Waals surface area contributed by atoms with Gasteiger partial charge in [-0.3, -0.25) is 4.90 Å². The van der Waals surface area contributed by atoms with Gasteiger partial charge in [-0.1, -0.05) is 6.92 Å². The number of hydrogen-bond acceptors (Lipinski definition) is 4. The number of rotatable bonds is 7. The summed E-state index contributed by atoms with van der Waals surface area (Å²) in [4.78, 5) is 5.18. The van der Waals surface area contributed by atoms with Crippen molar-refractivity contribution in [1.82, 2.24) is 15.1 Å².